The zero-order valence-corrected chi connectivity index (χ0v) is 16.4. The molecule has 0 saturated carbocycles. The first-order valence-corrected chi connectivity index (χ1v) is 9.72. The maximum atomic E-state index is 12.3. The molecule has 0 aliphatic carbocycles. The number of anilines is 1. The number of halogens is 1. The van der Waals surface area contributed by atoms with E-state index in [0.717, 1.165) is 11.8 Å². The van der Waals surface area contributed by atoms with Gasteiger partial charge in [0.25, 0.3) is 5.22 Å². The molecule has 0 aliphatic heterocycles. The highest BCUT2D eigenvalue weighted by Crippen LogP contribution is 2.28. The Bertz CT molecular complexity index is 993. The van der Waals surface area contributed by atoms with Crippen LogP contribution >= 0.6 is 23.4 Å². The van der Waals surface area contributed by atoms with Crippen molar-refractivity contribution in [2.24, 2.45) is 0 Å². The van der Waals surface area contributed by atoms with E-state index in [4.69, 9.17) is 20.8 Å². The van der Waals surface area contributed by atoms with Crippen molar-refractivity contribution in [2.45, 2.75) is 12.1 Å². The first-order chi connectivity index (χ1) is 13.6. The lowest BCUT2D eigenvalue weighted by Crippen LogP contribution is -2.17. The maximum Gasteiger partial charge on any atom is 0.340 e. The molecule has 0 unspecified atom stereocenters. The molecule has 1 N–H and O–H groups in total. The Kier molecular flexibility index (Phi) is 6.67. The smallest absolute Gasteiger partial charge is 0.340 e. The number of hydrogen-bond donors (Lipinski definition) is 1. The molecule has 0 atom stereocenters. The highest BCUT2D eigenvalue weighted by molar-refractivity contribution is 7.99. The molecule has 0 fully saturated rings. The Morgan fingerprint density at radius 3 is 2.68 bits per heavy atom. The van der Waals surface area contributed by atoms with Crippen molar-refractivity contribution in [2.75, 3.05) is 17.7 Å². The fourth-order valence-corrected chi connectivity index (χ4v) is 3.08. The molecule has 3 aromatic rings. The minimum Gasteiger partial charge on any atom is -0.462 e. The van der Waals surface area contributed by atoms with E-state index in [1.54, 1.807) is 49.4 Å². The summed E-state index contributed by atoms with van der Waals surface area (Å²) in [5.41, 5.74) is 1.30. The van der Waals surface area contributed by atoms with Crippen molar-refractivity contribution in [1.29, 1.82) is 0 Å². The van der Waals surface area contributed by atoms with Gasteiger partial charge in [-0.2, -0.15) is 0 Å². The van der Waals surface area contributed by atoms with Crippen LogP contribution in [0.25, 0.3) is 11.5 Å². The fourth-order valence-electron chi connectivity index (χ4n) is 2.30. The predicted molar refractivity (Wildman–Crippen MR) is 106 cm³/mol. The first kappa shape index (κ1) is 19.9. The van der Waals surface area contributed by atoms with Gasteiger partial charge in [0.05, 0.1) is 34.2 Å². The monoisotopic (exact) mass is 417 g/mol. The van der Waals surface area contributed by atoms with Crippen LogP contribution in [0.3, 0.4) is 0 Å². The van der Waals surface area contributed by atoms with E-state index in [1.807, 2.05) is 6.07 Å². The maximum absolute atomic E-state index is 12.3. The number of esters is 1. The average molecular weight is 418 g/mol. The summed E-state index contributed by atoms with van der Waals surface area (Å²) in [5.74, 6) is -0.505. The molecule has 144 valence electrons. The van der Waals surface area contributed by atoms with Crippen molar-refractivity contribution in [1.82, 2.24) is 10.2 Å². The molecule has 7 nitrogen and oxygen atoms in total. The summed E-state index contributed by atoms with van der Waals surface area (Å²) >= 11 is 7.19. The zero-order chi connectivity index (χ0) is 19.9. The summed E-state index contributed by atoms with van der Waals surface area (Å²) in [6.07, 6.45) is 0. The number of amides is 1. The molecule has 0 saturated heterocycles. The van der Waals surface area contributed by atoms with Crippen molar-refractivity contribution >= 4 is 40.9 Å². The molecule has 2 aromatic carbocycles. The quantitative estimate of drug-likeness (QED) is 0.452. The van der Waals surface area contributed by atoms with Crippen LogP contribution in [0.5, 0.6) is 0 Å². The van der Waals surface area contributed by atoms with Gasteiger partial charge in [0.2, 0.25) is 11.8 Å². The van der Waals surface area contributed by atoms with Gasteiger partial charge >= 0.3 is 5.97 Å². The number of nitrogens with one attached hydrogen (secondary N) is 1. The van der Waals surface area contributed by atoms with Crippen molar-refractivity contribution in [3.05, 3.63) is 59.1 Å². The van der Waals surface area contributed by atoms with Crippen LogP contribution in [0, 0.1) is 0 Å². The van der Waals surface area contributed by atoms with Crippen LogP contribution in [-0.2, 0) is 9.53 Å². The average Bonchev–Trinajstić information content (AvgIpc) is 3.16. The molecule has 1 heterocycles. The second kappa shape index (κ2) is 9.38. The summed E-state index contributed by atoms with van der Waals surface area (Å²) in [6.45, 7) is 1.97. The summed E-state index contributed by atoms with van der Waals surface area (Å²) in [6, 6.07) is 13.8. The lowest BCUT2D eigenvalue weighted by Gasteiger charge is -2.09. The number of ether oxygens (including phenoxy) is 1. The van der Waals surface area contributed by atoms with Crippen LogP contribution in [0.2, 0.25) is 5.02 Å². The van der Waals surface area contributed by atoms with Gasteiger partial charge in [0.15, 0.2) is 0 Å². The molecule has 1 amide bonds. The highest BCUT2D eigenvalue weighted by Gasteiger charge is 2.16. The lowest BCUT2D eigenvalue weighted by atomic mass is 10.2. The third-order valence-electron chi connectivity index (χ3n) is 3.53. The SMILES string of the molecule is CCOC(=O)c1ccccc1NC(=O)CSc1nnc(-c2ccccc2Cl)o1. The Labute approximate surface area is 170 Å². The van der Waals surface area contributed by atoms with Gasteiger partial charge in [0.1, 0.15) is 0 Å². The van der Waals surface area contributed by atoms with E-state index >= 15 is 0 Å². The number of carbonyl (C=O) groups excluding carboxylic acids is 2. The van der Waals surface area contributed by atoms with Crippen molar-refractivity contribution in [3.63, 3.8) is 0 Å². The number of carbonyl (C=O) groups is 2. The van der Waals surface area contributed by atoms with E-state index in [2.05, 4.69) is 15.5 Å². The third kappa shape index (κ3) is 4.90. The topological polar surface area (TPSA) is 94.3 Å². The van der Waals surface area contributed by atoms with E-state index < -0.39 is 5.97 Å². The Hall–Kier alpha value is -2.84. The largest absolute Gasteiger partial charge is 0.462 e. The number of aromatic nitrogens is 2. The van der Waals surface area contributed by atoms with E-state index in [-0.39, 0.29) is 29.4 Å². The predicted octanol–water partition coefficient (Wildman–Crippen LogP) is 4.30. The molecule has 3 rings (SSSR count). The molecule has 0 radical (unpaired) electrons. The van der Waals surface area contributed by atoms with Gasteiger partial charge in [-0.25, -0.2) is 4.79 Å². The van der Waals surface area contributed by atoms with E-state index in [1.165, 1.54) is 0 Å². The summed E-state index contributed by atoms with van der Waals surface area (Å²) in [5, 5.41) is 11.3. The highest BCUT2D eigenvalue weighted by atomic mass is 35.5. The number of para-hydroxylation sites is 1. The van der Waals surface area contributed by atoms with Gasteiger partial charge in [-0.15, -0.1) is 10.2 Å². The lowest BCUT2D eigenvalue weighted by molar-refractivity contribution is -0.113. The molecule has 0 bridgehead atoms. The van der Waals surface area contributed by atoms with Crippen LogP contribution in [-0.4, -0.2) is 34.4 Å². The van der Waals surface area contributed by atoms with Gasteiger partial charge in [-0.05, 0) is 31.2 Å². The van der Waals surface area contributed by atoms with Gasteiger partial charge in [-0.3, -0.25) is 4.79 Å². The molecular formula is C19H16ClN3O4S. The number of rotatable bonds is 7. The molecule has 1 aromatic heterocycles. The third-order valence-corrected chi connectivity index (χ3v) is 4.68. The molecule has 0 spiro atoms. The second-order valence-electron chi connectivity index (χ2n) is 5.46. The fraction of sp³-hybridized carbons (Fsp3) is 0.158. The molecule has 28 heavy (non-hydrogen) atoms. The van der Waals surface area contributed by atoms with E-state index in [0.29, 0.717) is 21.8 Å². The van der Waals surface area contributed by atoms with Crippen LogP contribution in [0.15, 0.2) is 58.2 Å². The van der Waals surface area contributed by atoms with Gasteiger partial charge in [0, 0.05) is 0 Å². The number of benzene rings is 2. The van der Waals surface area contributed by atoms with Crippen molar-refractivity contribution < 1.29 is 18.7 Å². The normalized spacial score (nSPS) is 10.5. The van der Waals surface area contributed by atoms with Gasteiger partial charge in [-0.1, -0.05) is 47.6 Å². The first-order valence-electron chi connectivity index (χ1n) is 8.35. The standard InChI is InChI=1S/C19H16ClN3O4S/c1-2-26-18(25)13-8-4-6-10-15(13)21-16(24)11-28-19-23-22-17(27-19)12-7-3-5-9-14(12)20/h3-10H,2,11H2,1H3,(H,21,24). The Balaban J connectivity index is 1.62. The zero-order valence-electron chi connectivity index (χ0n) is 14.8. The summed E-state index contributed by atoms with van der Waals surface area (Å²) in [7, 11) is 0. The van der Waals surface area contributed by atoms with Gasteiger partial charge < -0.3 is 14.5 Å². The van der Waals surface area contributed by atoms with Crippen LogP contribution < -0.4 is 5.32 Å². The molecule has 9 heteroatoms. The summed E-state index contributed by atoms with van der Waals surface area (Å²) < 4.78 is 10.5. The van der Waals surface area contributed by atoms with Crippen LogP contribution in [0.4, 0.5) is 5.69 Å². The number of nitrogens with zero attached hydrogens (tertiary/aromatic N) is 2. The van der Waals surface area contributed by atoms with E-state index in [9.17, 15) is 9.59 Å². The number of hydrogen-bond acceptors (Lipinski definition) is 7. The Morgan fingerprint density at radius 2 is 1.89 bits per heavy atom. The molecule has 0 aliphatic rings. The number of thioether (sulfide) groups is 1. The Morgan fingerprint density at radius 1 is 1.14 bits per heavy atom. The minimum absolute atomic E-state index is 0.0291. The second-order valence-corrected chi connectivity index (χ2v) is 6.79. The van der Waals surface area contributed by atoms with Crippen molar-refractivity contribution in [3.8, 4) is 11.5 Å². The molecular weight excluding hydrogens is 402 g/mol. The van der Waals surface area contributed by atoms with Crippen LogP contribution in [0.1, 0.15) is 17.3 Å². The summed E-state index contributed by atoms with van der Waals surface area (Å²) in [4.78, 5) is 24.2. The minimum atomic E-state index is -0.493.